The monoisotopic (exact) mass is 396 g/mol. The second-order valence-electron chi connectivity index (χ2n) is 5.80. The number of carbonyl (C=O) groups is 4. The number of rotatable bonds is 6. The van der Waals surface area contributed by atoms with Gasteiger partial charge in [0.25, 0.3) is 5.91 Å². The quantitative estimate of drug-likeness (QED) is 0.534. The van der Waals surface area contributed by atoms with Crippen molar-refractivity contribution >= 4 is 46.9 Å². The lowest BCUT2D eigenvalue weighted by atomic mass is 10.0. The lowest BCUT2D eigenvalue weighted by molar-refractivity contribution is -0.151. The van der Waals surface area contributed by atoms with E-state index in [-0.39, 0.29) is 24.6 Å². The van der Waals surface area contributed by atoms with Crippen LogP contribution in [-0.4, -0.2) is 57.5 Å². The maximum atomic E-state index is 12.4. The number of carboxylic acids is 1. The number of hydrogen-bond donors (Lipinski definition) is 2. The van der Waals surface area contributed by atoms with Crippen LogP contribution in [0, 0.1) is 0 Å². The smallest absolute Gasteiger partial charge is 0.352 e. The van der Waals surface area contributed by atoms with Gasteiger partial charge in [0.15, 0.2) is 0 Å². The molecule has 0 saturated carbocycles. The van der Waals surface area contributed by atoms with Gasteiger partial charge in [0.1, 0.15) is 23.7 Å². The molecule has 2 aliphatic rings. The Balaban J connectivity index is 1.69. The van der Waals surface area contributed by atoms with Gasteiger partial charge in [-0.2, -0.15) is 11.3 Å². The summed E-state index contributed by atoms with van der Waals surface area (Å²) in [5.41, 5.74) is 1.07. The van der Waals surface area contributed by atoms with Crippen LogP contribution in [0.3, 0.4) is 0 Å². The first kappa shape index (κ1) is 18.5. The third kappa shape index (κ3) is 3.61. The second-order valence-corrected chi connectivity index (χ2v) is 7.69. The molecule has 1 unspecified atom stereocenters. The van der Waals surface area contributed by atoms with Gasteiger partial charge in [-0.1, -0.05) is 0 Å². The molecule has 138 valence electrons. The van der Waals surface area contributed by atoms with E-state index in [9.17, 15) is 24.3 Å². The Bertz CT molecular complexity index is 789. The maximum absolute atomic E-state index is 12.4. The van der Waals surface area contributed by atoms with Crippen molar-refractivity contribution in [1.82, 2.24) is 10.2 Å². The predicted molar refractivity (Wildman–Crippen MR) is 94.3 cm³/mol. The first-order chi connectivity index (χ1) is 12.4. The number of aliphatic carboxylic acids is 1. The van der Waals surface area contributed by atoms with Gasteiger partial charge in [-0.05, 0) is 22.4 Å². The average molecular weight is 396 g/mol. The van der Waals surface area contributed by atoms with Gasteiger partial charge in [0.05, 0.1) is 6.42 Å². The van der Waals surface area contributed by atoms with E-state index in [2.05, 4.69) is 5.32 Å². The standard InChI is InChI=1S/C16H16N2O6S2/c1-8(19)24-5-10-7-26-15-12(14(21)18(15)13(10)16(22)23)17-11(20)4-9-2-3-25-6-9/h2-3,6,12,15H,4-5,7H2,1H3,(H,17,20)(H,22,23)/t12?,15-/m1/s1. The molecule has 0 bridgehead atoms. The molecule has 1 aromatic heterocycles. The summed E-state index contributed by atoms with van der Waals surface area (Å²) in [7, 11) is 0. The third-order valence-electron chi connectivity index (χ3n) is 3.96. The zero-order chi connectivity index (χ0) is 18.8. The van der Waals surface area contributed by atoms with Crippen LogP contribution in [0.2, 0.25) is 0 Å². The summed E-state index contributed by atoms with van der Waals surface area (Å²) in [4.78, 5) is 48.3. The molecule has 2 amide bonds. The van der Waals surface area contributed by atoms with Gasteiger partial charge in [0.2, 0.25) is 5.91 Å². The van der Waals surface area contributed by atoms with Crippen LogP contribution in [0.4, 0.5) is 0 Å². The number of β-lactam (4-membered cyclic amide) rings is 1. The average Bonchev–Trinajstić information content (AvgIpc) is 3.09. The van der Waals surface area contributed by atoms with Crippen molar-refractivity contribution < 1.29 is 29.0 Å². The van der Waals surface area contributed by atoms with E-state index in [0.717, 1.165) is 10.5 Å². The minimum atomic E-state index is -1.26. The van der Waals surface area contributed by atoms with Crippen molar-refractivity contribution in [2.45, 2.75) is 24.8 Å². The summed E-state index contributed by atoms with van der Waals surface area (Å²) in [5, 5.41) is 15.4. The van der Waals surface area contributed by atoms with Crippen LogP contribution < -0.4 is 5.32 Å². The molecule has 26 heavy (non-hydrogen) atoms. The minimum Gasteiger partial charge on any atom is -0.477 e. The topological polar surface area (TPSA) is 113 Å². The van der Waals surface area contributed by atoms with E-state index in [1.165, 1.54) is 30.0 Å². The third-order valence-corrected chi connectivity index (χ3v) is 6.03. The summed E-state index contributed by atoms with van der Waals surface area (Å²) in [6.07, 6.45) is 0.171. The van der Waals surface area contributed by atoms with Gasteiger partial charge in [-0.3, -0.25) is 19.3 Å². The van der Waals surface area contributed by atoms with Crippen LogP contribution in [0.5, 0.6) is 0 Å². The Labute approximate surface area is 157 Å². The molecular weight excluding hydrogens is 380 g/mol. The molecule has 0 spiro atoms. The first-order valence-electron chi connectivity index (χ1n) is 7.72. The van der Waals surface area contributed by atoms with E-state index in [1.807, 2.05) is 16.8 Å². The Morgan fingerprint density at radius 3 is 2.81 bits per heavy atom. The molecule has 1 aromatic rings. The Morgan fingerprint density at radius 1 is 1.42 bits per heavy atom. The molecule has 2 N–H and O–H groups in total. The molecule has 2 aliphatic heterocycles. The molecule has 0 radical (unpaired) electrons. The molecule has 0 aromatic carbocycles. The van der Waals surface area contributed by atoms with Crippen molar-refractivity contribution in [2.75, 3.05) is 12.4 Å². The first-order valence-corrected chi connectivity index (χ1v) is 9.71. The van der Waals surface area contributed by atoms with Crippen molar-refractivity contribution in [2.24, 2.45) is 0 Å². The fourth-order valence-corrected chi connectivity index (χ4v) is 4.78. The summed E-state index contributed by atoms with van der Waals surface area (Å²) < 4.78 is 4.87. The van der Waals surface area contributed by atoms with Gasteiger partial charge in [-0.25, -0.2) is 4.79 Å². The number of nitrogens with zero attached hydrogens (tertiary/aromatic N) is 1. The number of carboxylic acid groups (broad SMARTS) is 1. The Kier molecular flexibility index (Phi) is 5.33. The summed E-state index contributed by atoms with van der Waals surface area (Å²) >= 11 is 2.82. The Morgan fingerprint density at radius 2 is 2.19 bits per heavy atom. The largest absolute Gasteiger partial charge is 0.477 e. The second kappa shape index (κ2) is 7.50. The molecule has 10 heteroatoms. The number of carbonyl (C=O) groups excluding carboxylic acids is 3. The lowest BCUT2D eigenvalue weighted by Crippen LogP contribution is -2.70. The maximum Gasteiger partial charge on any atom is 0.352 e. The summed E-state index contributed by atoms with van der Waals surface area (Å²) in [6, 6.07) is 1.08. The van der Waals surface area contributed by atoms with Gasteiger partial charge >= 0.3 is 11.9 Å². The number of esters is 1. The van der Waals surface area contributed by atoms with Crippen LogP contribution >= 0.6 is 23.1 Å². The number of amides is 2. The van der Waals surface area contributed by atoms with Crippen molar-refractivity contribution in [3.63, 3.8) is 0 Å². The minimum absolute atomic E-state index is 0.164. The highest BCUT2D eigenvalue weighted by Gasteiger charge is 2.54. The van der Waals surface area contributed by atoms with Gasteiger partial charge < -0.3 is 15.2 Å². The number of hydrogen-bond acceptors (Lipinski definition) is 7. The molecule has 8 nitrogen and oxygen atoms in total. The number of ether oxygens (including phenoxy) is 1. The molecular formula is C16H16N2O6S2. The molecule has 1 saturated heterocycles. The fourth-order valence-electron chi connectivity index (χ4n) is 2.79. The van der Waals surface area contributed by atoms with E-state index in [4.69, 9.17) is 4.74 Å². The van der Waals surface area contributed by atoms with Gasteiger partial charge in [0, 0.05) is 18.2 Å². The molecule has 2 atom stereocenters. The highest BCUT2D eigenvalue weighted by Crippen LogP contribution is 2.40. The number of thioether (sulfide) groups is 1. The van der Waals surface area contributed by atoms with Crippen LogP contribution in [-0.2, 0) is 30.3 Å². The lowest BCUT2D eigenvalue weighted by Gasteiger charge is -2.49. The molecule has 3 heterocycles. The molecule has 1 fully saturated rings. The van der Waals surface area contributed by atoms with E-state index in [0.29, 0.717) is 11.3 Å². The SMILES string of the molecule is CC(=O)OCC1=C(C(=O)O)N2C(=O)C(NC(=O)Cc3ccsc3)[C@H]2SC1. The zero-order valence-electron chi connectivity index (χ0n) is 13.8. The van der Waals surface area contributed by atoms with Crippen molar-refractivity contribution in [3.8, 4) is 0 Å². The molecule has 3 rings (SSSR count). The molecule has 0 aliphatic carbocycles. The van der Waals surface area contributed by atoms with E-state index < -0.39 is 29.3 Å². The van der Waals surface area contributed by atoms with E-state index >= 15 is 0 Å². The normalized spacial score (nSPS) is 21.7. The highest BCUT2D eigenvalue weighted by atomic mass is 32.2. The number of thiophene rings is 1. The predicted octanol–water partition coefficient (Wildman–Crippen LogP) is 0.592. The van der Waals surface area contributed by atoms with Crippen LogP contribution in [0.15, 0.2) is 28.1 Å². The van der Waals surface area contributed by atoms with Crippen LogP contribution in [0.1, 0.15) is 12.5 Å². The van der Waals surface area contributed by atoms with Crippen molar-refractivity contribution in [1.29, 1.82) is 0 Å². The highest BCUT2D eigenvalue weighted by molar-refractivity contribution is 8.00. The van der Waals surface area contributed by atoms with E-state index in [1.54, 1.807) is 0 Å². The van der Waals surface area contributed by atoms with Crippen molar-refractivity contribution in [3.05, 3.63) is 33.7 Å². The summed E-state index contributed by atoms with van der Waals surface area (Å²) in [6.45, 7) is 1.06. The van der Waals surface area contributed by atoms with Crippen LogP contribution in [0.25, 0.3) is 0 Å². The fraction of sp³-hybridized carbons (Fsp3) is 0.375. The zero-order valence-corrected chi connectivity index (χ0v) is 15.4. The number of nitrogens with one attached hydrogen (secondary N) is 1. The Hall–Kier alpha value is -2.33. The summed E-state index contributed by atoms with van der Waals surface area (Å²) in [5.74, 6) is -2.23. The number of fused-ring (bicyclic) bond motifs is 1. The van der Waals surface area contributed by atoms with Gasteiger partial charge in [-0.15, -0.1) is 11.8 Å².